The minimum absolute atomic E-state index is 0. The van der Waals surface area contributed by atoms with Crippen LogP contribution in [0, 0.1) is 0 Å². The molecule has 0 aliphatic heterocycles. The fourth-order valence-electron chi connectivity index (χ4n) is 0.0929. The third-order valence-electron chi connectivity index (χ3n) is 0.430. The van der Waals surface area contributed by atoms with Gasteiger partial charge in [-0.1, -0.05) is 15.2 Å². The first-order valence-electron chi connectivity index (χ1n) is 2.99. The first kappa shape index (κ1) is 22.0. The Kier molecular flexibility index (Phi) is 12.0. The molecule has 110 valence electrons. The molecule has 0 aliphatic carbocycles. The highest BCUT2D eigenvalue weighted by Gasteiger charge is 2.10. The van der Waals surface area contributed by atoms with Gasteiger partial charge in [0.2, 0.25) is 0 Å². The lowest BCUT2D eigenvalue weighted by atomic mass is 10.7. The van der Waals surface area contributed by atoms with Crippen LogP contribution >= 0.6 is 0 Å². The molecule has 0 fully saturated rings. The second kappa shape index (κ2) is 9.82. The van der Waals surface area contributed by atoms with Gasteiger partial charge in [-0.15, -0.1) is 0 Å². The number of aliphatic carboxylic acids is 1. The maximum Gasteiger partial charge on any atom is 0.426 e. The minimum atomic E-state index is -4.95. The molecule has 0 unspecified atom stereocenters. The monoisotopic (exact) mass is 315 g/mol. The Morgan fingerprint density at radius 3 is 1.33 bits per heavy atom. The van der Waals surface area contributed by atoms with Gasteiger partial charge in [0.05, 0.1) is 0 Å². The van der Waals surface area contributed by atoms with Crippen molar-refractivity contribution in [3.8, 4) is 0 Å². The molecule has 0 saturated carbocycles. The molecule has 0 saturated heterocycles. The predicted molar refractivity (Wildman–Crippen MR) is 50.3 cm³/mol. The quantitative estimate of drug-likeness (QED) is 0.149. The van der Waals surface area contributed by atoms with Gasteiger partial charge in [0.25, 0.3) is 0 Å². The zero-order valence-corrected chi connectivity index (χ0v) is 9.96. The van der Waals surface area contributed by atoms with Crippen molar-refractivity contribution in [2.24, 2.45) is 0 Å². The number of carboxylic acid groups (broad SMARTS) is 1. The van der Waals surface area contributed by atoms with Crippen molar-refractivity contribution in [2.75, 3.05) is 0 Å². The van der Waals surface area contributed by atoms with E-state index in [9.17, 15) is 21.6 Å². The molecule has 0 heterocycles. The smallest absolute Gasteiger partial charge is 0.426 e. The highest BCUT2D eigenvalue weighted by Crippen LogP contribution is 1.93. The van der Waals surface area contributed by atoms with Gasteiger partial charge in [-0.2, -0.15) is 16.8 Å². The van der Waals surface area contributed by atoms with Crippen molar-refractivity contribution < 1.29 is 54.6 Å². The summed E-state index contributed by atoms with van der Waals surface area (Å²) < 4.78 is 59.8. The van der Waals surface area contributed by atoms with Gasteiger partial charge in [0, 0.05) is 6.08 Å². The van der Waals surface area contributed by atoms with Crippen molar-refractivity contribution in [2.45, 2.75) is 0 Å². The maximum atomic E-state index is 9.62. The van der Waals surface area contributed by atoms with Gasteiger partial charge in [0.15, 0.2) is 0 Å². The minimum Gasteiger partial charge on any atom is -0.478 e. The molecule has 15 heteroatoms. The van der Waals surface area contributed by atoms with Crippen molar-refractivity contribution in [3.63, 3.8) is 0 Å². The highest BCUT2D eigenvalue weighted by atomic mass is 32.3. The Balaban J connectivity index is -0.000000321. The van der Waals surface area contributed by atoms with Crippen LogP contribution in [0.25, 0.3) is 0 Å². The summed E-state index contributed by atoms with van der Waals surface area (Å²) in [6.45, 7) is 2.96. The average molecular weight is 315 g/mol. The molecule has 0 radical (unpaired) electrons. The second-order valence-electron chi connectivity index (χ2n) is 1.67. The van der Waals surface area contributed by atoms with Crippen LogP contribution in [-0.2, 0) is 44.3 Å². The molecule has 0 aromatic heterocycles. The Labute approximate surface area is 101 Å². The van der Waals surface area contributed by atoms with E-state index in [-0.39, 0.29) is 6.15 Å². The van der Waals surface area contributed by atoms with Gasteiger partial charge in [-0.05, 0) is 10.1 Å². The summed E-state index contributed by atoms with van der Waals surface area (Å²) in [5.41, 5.74) is 0. The van der Waals surface area contributed by atoms with E-state index in [2.05, 4.69) is 25.3 Å². The van der Waals surface area contributed by atoms with E-state index in [1.165, 1.54) is 0 Å². The molecule has 0 spiro atoms. The van der Waals surface area contributed by atoms with E-state index in [0.717, 1.165) is 6.08 Å². The van der Waals surface area contributed by atoms with E-state index >= 15 is 0 Å². The maximum absolute atomic E-state index is 9.62. The van der Waals surface area contributed by atoms with E-state index in [1.54, 1.807) is 0 Å². The number of rotatable bonds is 6. The van der Waals surface area contributed by atoms with Gasteiger partial charge in [-0.25, -0.2) is 4.79 Å². The van der Waals surface area contributed by atoms with E-state index in [4.69, 9.17) is 14.2 Å². The zero-order valence-electron chi connectivity index (χ0n) is 8.32. The molecule has 13 nitrogen and oxygen atoms in total. The van der Waals surface area contributed by atoms with Crippen molar-refractivity contribution in [1.82, 2.24) is 6.15 Å². The van der Waals surface area contributed by atoms with Crippen molar-refractivity contribution in [1.29, 1.82) is 0 Å². The fourth-order valence-corrected chi connectivity index (χ4v) is 0.279. The number of carboxylic acids is 1. The standard InChI is InChI=1S/C3H4O2.H3N.H2O10S2/c1-2-3(4)5;;1-11(2,3)9-7-8-10-12(4,5)6/h2H,1H2,(H,4,5);1H3;(H,1,2,3)(H,4,5,6). The van der Waals surface area contributed by atoms with E-state index in [0.29, 0.717) is 0 Å². The summed E-state index contributed by atoms with van der Waals surface area (Å²) in [7, 11) is -9.89. The molecular weight excluding hydrogens is 306 g/mol. The lowest BCUT2D eigenvalue weighted by Gasteiger charge is -1.95. The first-order valence-corrected chi connectivity index (χ1v) is 5.72. The molecule has 0 atom stereocenters. The largest absolute Gasteiger partial charge is 0.478 e. The van der Waals surface area contributed by atoms with Crippen LogP contribution in [0.2, 0.25) is 0 Å². The predicted octanol–water partition coefficient (Wildman–Crippen LogP) is -1.18. The number of hydrogen-bond donors (Lipinski definition) is 4. The third-order valence-corrected chi connectivity index (χ3v) is 0.885. The van der Waals surface area contributed by atoms with E-state index < -0.39 is 26.8 Å². The fraction of sp³-hybridized carbons (Fsp3) is 0. The summed E-state index contributed by atoms with van der Waals surface area (Å²) in [5.74, 6) is -0.981. The average Bonchev–Trinajstić information content (AvgIpc) is 2.10. The molecule has 6 N–H and O–H groups in total. The van der Waals surface area contributed by atoms with Crippen LogP contribution in [0.1, 0.15) is 0 Å². The summed E-state index contributed by atoms with van der Waals surface area (Å²) in [6.07, 6.45) is 0.833. The van der Waals surface area contributed by atoms with Crippen LogP contribution in [0.5, 0.6) is 0 Å². The Bertz CT molecular complexity index is 400. The van der Waals surface area contributed by atoms with Crippen LogP contribution in [0.15, 0.2) is 12.7 Å². The van der Waals surface area contributed by atoms with Crippen molar-refractivity contribution >= 4 is 26.8 Å². The summed E-state index contributed by atoms with van der Waals surface area (Å²) in [6, 6.07) is 0. The Morgan fingerprint density at radius 1 is 1.00 bits per heavy atom. The second-order valence-corrected chi connectivity index (χ2v) is 3.65. The molecule has 18 heavy (non-hydrogen) atoms. The molecular formula is C3H9NO12S2. The summed E-state index contributed by atoms with van der Waals surface area (Å²) in [4.78, 5) is 9.25. The third kappa shape index (κ3) is 29.4. The molecule has 0 amide bonds. The number of carbonyl (C=O) groups is 1. The molecule has 0 rings (SSSR count). The molecule has 0 bridgehead atoms. The van der Waals surface area contributed by atoms with Gasteiger partial charge < -0.3 is 11.3 Å². The molecule has 0 aliphatic rings. The van der Waals surface area contributed by atoms with Crippen LogP contribution in [0.3, 0.4) is 0 Å². The van der Waals surface area contributed by atoms with Crippen LogP contribution in [0.4, 0.5) is 0 Å². The van der Waals surface area contributed by atoms with Crippen molar-refractivity contribution in [3.05, 3.63) is 12.7 Å². The summed E-state index contributed by atoms with van der Waals surface area (Å²) in [5, 5.41) is 13.6. The highest BCUT2D eigenvalue weighted by molar-refractivity contribution is 7.81. The lowest BCUT2D eigenvalue weighted by Crippen LogP contribution is -2.09. The number of hydrogen-bond acceptors (Lipinski definition) is 10. The molecule has 0 aromatic rings. The van der Waals surface area contributed by atoms with Gasteiger partial charge in [-0.3, -0.25) is 9.11 Å². The topological polar surface area (TPSA) is 218 Å². The molecule has 0 aromatic carbocycles. The van der Waals surface area contributed by atoms with Crippen LogP contribution < -0.4 is 6.15 Å². The Morgan fingerprint density at radius 2 is 1.22 bits per heavy atom. The van der Waals surface area contributed by atoms with Gasteiger partial charge in [0.1, 0.15) is 0 Å². The zero-order chi connectivity index (χ0) is 14.1. The van der Waals surface area contributed by atoms with Gasteiger partial charge >= 0.3 is 26.8 Å². The van der Waals surface area contributed by atoms with Crippen LogP contribution in [-0.4, -0.2) is 37.0 Å². The van der Waals surface area contributed by atoms with E-state index in [1.807, 2.05) is 0 Å². The first-order chi connectivity index (χ1) is 7.48. The Hall–Kier alpha value is -1.17. The summed E-state index contributed by atoms with van der Waals surface area (Å²) >= 11 is 0. The normalized spacial score (nSPS) is 10.6. The lowest BCUT2D eigenvalue weighted by molar-refractivity contribution is -0.577. The SMILES string of the molecule is C=CC(=O)O.N.O=S(=O)(O)OOOOS(=O)(=O)O.